The van der Waals surface area contributed by atoms with Gasteiger partial charge < -0.3 is 10.4 Å². The number of hydrogen-bond acceptors (Lipinski definition) is 3. The van der Waals surface area contributed by atoms with Crippen LogP contribution < -0.4 is 16.2 Å². The molecule has 0 heterocycles. The monoisotopic (exact) mass is 393 g/mol. The second-order valence-electron chi connectivity index (χ2n) is 5.94. The molecule has 0 saturated carbocycles. The van der Waals surface area contributed by atoms with Crippen LogP contribution in [0.4, 0.5) is 13.6 Å². The molecule has 1 unspecified atom stereocenters. The number of carbonyl (C=O) groups is 2. The first kappa shape index (κ1) is 19.3. The predicted octanol–water partition coefficient (Wildman–Crippen LogP) is 2.53. The number of carbonyl (C=O) groups excluding carboxylic acids is 1. The van der Waals surface area contributed by atoms with Crippen LogP contribution in [0, 0.1) is 17.0 Å². The third-order valence-electron chi connectivity index (χ3n) is 2.98. The molecule has 0 aliphatic carbocycles. The van der Waals surface area contributed by atoms with Crippen LogP contribution in [0.1, 0.15) is 26.3 Å². The molecule has 0 saturated heterocycles. The van der Waals surface area contributed by atoms with Crippen LogP contribution in [-0.4, -0.2) is 23.1 Å². The van der Waals surface area contributed by atoms with E-state index in [1.807, 2.05) is 0 Å². The van der Waals surface area contributed by atoms with Crippen molar-refractivity contribution in [2.24, 2.45) is 5.41 Å². The standard InChI is InChI=1S/C14H18BrF2N3O3/c1-14(2,3)11(19-13(22)23)12(21)20-18-6-8-9(16)4-7(15)5-10(8)17/h4-5,11,18-19H,6H2,1-3H3,(H,20,21)(H,22,23). The van der Waals surface area contributed by atoms with Crippen molar-refractivity contribution in [3.05, 3.63) is 33.8 Å². The molecular weight excluding hydrogens is 376 g/mol. The van der Waals surface area contributed by atoms with Crippen molar-refractivity contribution in [3.8, 4) is 0 Å². The molecule has 0 spiro atoms. The maximum absolute atomic E-state index is 13.6. The average molecular weight is 394 g/mol. The van der Waals surface area contributed by atoms with E-state index in [0.29, 0.717) is 0 Å². The molecular formula is C14H18BrF2N3O3. The van der Waals surface area contributed by atoms with Crippen molar-refractivity contribution in [1.29, 1.82) is 0 Å². The van der Waals surface area contributed by atoms with Gasteiger partial charge in [-0.15, -0.1) is 0 Å². The van der Waals surface area contributed by atoms with Gasteiger partial charge in [-0.25, -0.2) is 19.0 Å². The zero-order valence-corrected chi connectivity index (χ0v) is 14.4. The van der Waals surface area contributed by atoms with E-state index >= 15 is 0 Å². The molecule has 1 atom stereocenters. The second-order valence-corrected chi connectivity index (χ2v) is 6.85. The predicted molar refractivity (Wildman–Crippen MR) is 83.4 cm³/mol. The fourth-order valence-electron chi connectivity index (χ4n) is 1.83. The Bertz CT molecular complexity index is 582. The first-order valence-electron chi connectivity index (χ1n) is 6.68. The van der Waals surface area contributed by atoms with E-state index in [4.69, 9.17) is 5.11 Å². The molecule has 6 nitrogen and oxygen atoms in total. The highest BCUT2D eigenvalue weighted by Crippen LogP contribution is 2.20. The minimum Gasteiger partial charge on any atom is -0.465 e. The molecule has 0 aliphatic heterocycles. The normalized spacial score (nSPS) is 12.6. The van der Waals surface area contributed by atoms with E-state index in [1.54, 1.807) is 20.8 Å². The summed E-state index contributed by atoms with van der Waals surface area (Å²) in [6.07, 6.45) is -1.34. The fraction of sp³-hybridized carbons (Fsp3) is 0.429. The Morgan fingerprint density at radius 2 is 1.78 bits per heavy atom. The molecule has 128 valence electrons. The third kappa shape index (κ3) is 5.76. The summed E-state index contributed by atoms with van der Waals surface area (Å²) in [5.74, 6) is -2.19. The Morgan fingerprint density at radius 1 is 1.26 bits per heavy atom. The van der Waals surface area contributed by atoms with Crippen molar-refractivity contribution < 1.29 is 23.5 Å². The van der Waals surface area contributed by atoms with Gasteiger partial charge in [0.15, 0.2) is 0 Å². The average Bonchev–Trinajstić information content (AvgIpc) is 2.37. The number of amides is 2. The number of rotatable bonds is 5. The number of nitrogens with one attached hydrogen (secondary N) is 3. The Labute approximate surface area is 140 Å². The highest BCUT2D eigenvalue weighted by Gasteiger charge is 2.32. The summed E-state index contributed by atoms with van der Waals surface area (Å²) in [6, 6.07) is 1.17. The van der Waals surface area contributed by atoms with Crippen LogP contribution in [0.3, 0.4) is 0 Å². The Hall–Kier alpha value is -1.74. The zero-order chi connectivity index (χ0) is 17.8. The van der Waals surface area contributed by atoms with Crippen LogP contribution in [-0.2, 0) is 11.3 Å². The lowest BCUT2D eigenvalue weighted by molar-refractivity contribution is -0.126. The minimum absolute atomic E-state index is 0.244. The van der Waals surface area contributed by atoms with Crippen molar-refractivity contribution >= 4 is 27.9 Å². The maximum atomic E-state index is 13.6. The highest BCUT2D eigenvalue weighted by atomic mass is 79.9. The van der Waals surface area contributed by atoms with Crippen LogP contribution in [0.15, 0.2) is 16.6 Å². The largest absolute Gasteiger partial charge is 0.465 e. The van der Waals surface area contributed by atoms with Gasteiger partial charge in [0.2, 0.25) is 0 Å². The third-order valence-corrected chi connectivity index (χ3v) is 3.44. The quantitative estimate of drug-likeness (QED) is 0.578. The summed E-state index contributed by atoms with van der Waals surface area (Å²) in [5, 5.41) is 10.9. The van der Waals surface area contributed by atoms with Crippen LogP contribution >= 0.6 is 15.9 Å². The Balaban J connectivity index is 2.70. The van der Waals surface area contributed by atoms with Gasteiger partial charge in [-0.3, -0.25) is 10.2 Å². The van der Waals surface area contributed by atoms with E-state index in [1.165, 1.54) is 0 Å². The lowest BCUT2D eigenvalue weighted by Crippen LogP contribution is -2.56. The number of benzene rings is 1. The van der Waals surface area contributed by atoms with Crippen molar-refractivity contribution in [1.82, 2.24) is 16.2 Å². The fourth-order valence-corrected chi connectivity index (χ4v) is 2.23. The molecule has 0 aromatic heterocycles. The molecule has 0 bridgehead atoms. The van der Waals surface area contributed by atoms with Gasteiger partial charge in [-0.05, 0) is 17.5 Å². The first-order chi connectivity index (χ1) is 10.5. The van der Waals surface area contributed by atoms with Gasteiger partial charge in [-0.2, -0.15) is 0 Å². The number of hydrogen-bond donors (Lipinski definition) is 4. The van der Waals surface area contributed by atoms with E-state index < -0.39 is 35.1 Å². The van der Waals surface area contributed by atoms with Gasteiger partial charge >= 0.3 is 6.09 Å². The maximum Gasteiger partial charge on any atom is 0.405 e. The molecule has 4 N–H and O–H groups in total. The van der Waals surface area contributed by atoms with Crippen molar-refractivity contribution in [3.63, 3.8) is 0 Å². The lowest BCUT2D eigenvalue weighted by Gasteiger charge is -2.29. The molecule has 1 aromatic carbocycles. The Morgan fingerprint density at radius 3 is 2.22 bits per heavy atom. The summed E-state index contributed by atoms with van der Waals surface area (Å²) >= 11 is 2.97. The van der Waals surface area contributed by atoms with Crippen LogP contribution in [0.25, 0.3) is 0 Å². The molecule has 23 heavy (non-hydrogen) atoms. The number of carboxylic acid groups (broad SMARTS) is 1. The highest BCUT2D eigenvalue weighted by molar-refractivity contribution is 9.10. The second kappa shape index (κ2) is 7.69. The van der Waals surface area contributed by atoms with Crippen LogP contribution in [0.2, 0.25) is 0 Å². The summed E-state index contributed by atoms with van der Waals surface area (Å²) in [4.78, 5) is 22.8. The summed E-state index contributed by atoms with van der Waals surface area (Å²) in [7, 11) is 0. The van der Waals surface area contributed by atoms with Gasteiger partial charge in [-0.1, -0.05) is 36.7 Å². The summed E-state index contributed by atoms with van der Waals surface area (Å²) < 4.78 is 27.5. The molecule has 1 rings (SSSR count). The summed E-state index contributed by atoms with van der Waals surface area (Å²) in [6.45, 7) is 4.75. The smallest absolute Gasteiger partial charge is 0.405 e. The van der Waals surface area contributed by atoms with Gasteiger partial charge in [0.25, 0.3) is 5.91 Å². The van der Waals surface area contributed by atoms with Gasteiger partial charge in [0.05, 0.1) is 0 Å². The van der Waals surface area contributed by atoms with Gasteiger partial charge in [0, 0.05) is 16.6 Å². The molecule has 0 radical (unpaired) electrons. The van der Waals surface area contributed by atoms with E-state index in [2.05, 4.69) is 32.1 Å². The summed E-state index contributed by atoms with van der Waals surface area (Å²) in [5.41, 5.74) is 3.73. The SMILES string of the molecule is CC(C)(C)C(NC(=O)O)C(=O)NNCc1c(F)cc(Br)cc1F. The van der Waals surface area contributed by atoms with E-state index in [0.717, 1.165) is 12.1 Å². The van der Waals surface area contributed by atoms with E-state index in [-0.39, 0.29) is 16.6 Å². The first-order valence-corrected chi connectivity index (χ1v) is 7.47. The van der Waals surface area contributed by atoms with Gasteiger partial charge in [0.1, 0.15) is 17.7 Å². The minimum atomic E-state index is -1.34. The van der Waals surface area contributed by atoms with Crippen LogP contribution in [0.5, 0.6) is 0 Å². The number of halogens is 3. The molecule has 9 heteroatoms. The molecule has 0 aliphatic rings. The zero-order valence-electron chi connectivity index (χ0n) is 12.8. The van der Waals surface area contributed by atoms with Crippen molar-refractivity contribution in [2.75, 3.05) is 0 Å². The Kier molecular flexibility index (Phi) is 6.46. The van der Waals surface area contributed by atoms with Crippen molar-refractivity contribution in [2.45, 2.75) is 33.4 Å². The number of hydrazine groups is 1. The molecule has 1 aromatic rings. The molecule has 0 fully saturated rings. The molecule has 2 amide bonds. The topological polar surface area (TPSA) is 90.5 Å². The van der Waals surface area contributed by atoms with E-state index in [9.17, 15) is 18.4 Å². The lowest BCUT2D eigenvalue weighted by atomic mass is 9.86.